The molecule has 0 fully saturated rings. The smallest absolute Gasteiger partial charge is 0.262 e. The first-order chi connectivity index (χ1) is 9.94. The zero-order valence-corrected chi connectivity index (χ0v) is 13.2. The third-order valence-electron chi connectivity index (χ3n) is 3.09. The van der Waals surface area contributed by atoms with Gasteiger partial charge in [0.05, 0.1) is 16.3 Å². The Balaban J connectivity index is 2.33. The summed E-state index contributed by atoms with van der Waals surface area (Å²) in [5.74, 6) is 0. The minimum atomic E-state index is -3.63. The highest BCUT2D eigenvalue weighted by Crippen LogP contribution is 2.21. The van der Waals surface area contributed by atoms with E-state index in [-0.39, 0.29) is 4.90 Å². The maximum Gasteiger partial charge on any atom is 0.262 e. The van der Waals surface area contributed by atoms with Crippen LogP contribution < -0.4 is 10.0 Å². The summed E-state index contributed by atoms with van der Waals surface area (Å²) >= 11 is 0. The molecule has 1 heterocycles. The number of aromatic nitrogens is 2. The van der Waals surface area contributed by atoms with Crippen LogP contribution in [0.15, 0.2) is 35.4 Å². The molecule has 2 N–H and O–H groups in total. The lowest BCUT2D eigenvalue weighted by Crippen LogP contribution is -2.19. The normalized spacial score (nSPS) is 11.6. The van der Waals surface area contributed by atoms with E-state index in [2.05, 4.69) is 15.1 Å². The van der Waals surface area contributed by atoms with Gasteiger partial charge in [-0.25, -0.2) is 8.42 Å². The summed E-state index contributed by atoms with van der Waals surface area (Å²) < 4.78 is 29.3. The van der Waals surface area contributed by atoms with Crippen molar-refractivity contribution in [3.05, 3.63) is 41.7 Å². The lowest BCUT2D eigenvalue weighted by Gasteiger charge is -2.12. The van der Waals surface area contributed by atoms with E-state index in [1.807, 2.05) is 19.1 Å². The first kappa shape index (κ1) is 15.5. The van der Waals surface area contributed by atoms with Crippen molar-refractivity contribution in [2.24, 2.45) is 7.05 Å². The molecule has 0 atom stereocenters. The van der Waals surface area contributed by atoms with Crippen molar-refractivity contribution in [1.82, 2.24) is 15.1 Å². The van der Waals surface area contributed by atoms with Gasteiger partial charge in [-0.15, -0.1) is 0 Å². The molecule has 0 aliphatic rings. The highest BCUT2D eigenvalue weighted by atomic mass is 32.2. The van der Waals surface area contributed by atoms with Crippen LogP contribution in [0.25, 0.3) is 0 Å². The summed E-state index contributed by atoms with van der Waals surface area (Å²) in [6.07, 6.45) is 1.65. The third kappa shape index (κ3) is 3.62. The van der Waals surface area contributed by atoms with Crippen molar-refractivity contribution in [1.29, 1.82) is 0 Å². The Bertz CT molecular complexity index is 722. The number of sulfonamides is 1. The molecule has 0 spiro atoms. The number of rotatable bonds is 6. The second-order valence-corrected chi connectivity index (χ2v) is 6.45. The Labute approximate surface area is 125 Å². The summed E-state index contributed by atoms with van der Waals surface area (Å²) in [5, 5.41) is 7.29. The fourth-order valence-electron chi connectivity index (χ4n) is 2.07. The number of nitrogens with zero attached hydrogens (tertiary/aromatic N) is 2. The standard InChI is InChI=1S/C14H20N4O2S/c1-4-15-9-12-7-5-6-8-14(12)21(19,20)17-13-10-18(3)16-11(13)2/h5-8,10,15,17H,4,9H2,1-3H3. The number of nitrogens with one attached hydrogen (secondary N) is 2. The second kappa shape index (κ2) is 6.28. The highest BCUT2D eigenvalue weighted by molar-refractivity contribution is 7.92. The monoisotopic (exact) mass is 308 g/mol. The molecule has 0 bridgehead atoms. The molecular weight excluding hydrogens is 288 g/mol. The molecule has 2 aromatic rings. The molecule has 0 amide bonds. The molecular formula is C14H20N4O2S. The minimum Gasteiger partial charge on any atom is -0.313 e. The molecule has 1 aromatic heterocycles. The van der Waals surface area contributed by atoms with E-state index in [0.717, 1.165) is 12.1 Å². The first-order valence-electron chi connectivity index (χ1n) is 6.75. The van der Waals surface area contributed by atoms with E-state index in [1.54, 1.807) is 37.0 Å². The Morgan fingerprint density at radius 1 is 1.29 bits per heavy atom. The summed E-state index contributed by atoms with van der Waals surface area (Å²) in [7, 11) is -1.87. The molecule has 0 saturated carbocycles. The predicted molar refractivity (Wildman–Crippen MR) is 82.6 cm³/mol. The van der Waals surface area contributed by atoms with Crippen LogP contribution in [-0.2, 0) is 23.6 Å². The molecule has 0 aliphatic carbocycles. The quantitative estimate of drug-likeness (QED) is 0.850. The number of anilines is 1. The van der Waals surface area contributed by atoms with Gasteiger partial charge >= 0.3 is 0 Å². The molecule has 6 nitrogen and oxygen atoms in total. The Morgan fingerprint density at radius 3 is 2.62 bits per heavy atom. The lowest BCUT2D eigenvalue weighted by atomic mass is 10.2. The van der Waals surface area contributed by atoms with E-state index < -0.39 is 10.0 Å². The zero-order valence-electron chi connectivity index (χ0n) is 12.4. The van der Waals surface area contributed by atoms with Gasteiger partial charge in [0, 0.05) is 19.8 Å². The van der Waals surface area contributed by atoms with Gasteiger partial charge in [-0.1, -0.05) is 25.1 Å². The summed E-state index contributed by atoms with van der Waals surface area (Å²) in [6.45, 7) is 5.04. The van der Waals surface area contributed by atoms with E-state index in [9.17, 15) is 8.42 Å². The average molecular weight is 308 g/mol. The van der Waals surface area contributed by atoms with Crippen LogP contribution in [0.4, 0.5) is 5.69 Å². The van der Waals surface area contributed by atoms with Gasteiger partial charge in [0.15, 0.2) is 0 Å². The van der Waals surface area contributed by atoms with Gasteiger partial charge in [0.2, 0.25) is 0 Å². The number of hydrogen-bond donors (Lipinski definition) is 2. The van der Waals surface area contributed by atoms with Crippen molar-refractivity contribution in [3.63, 3.8) is 0 Å². The molecule has 0 aliphatic heterocycles. The number of benzene rings is 1. The van der Waals surface area contributed by atoms with Crippen LogP contribution in [0.1, 0.15) is 18.2 Å². The molecule has 0 radical (unpaired) electrons. The summed E-state index contributed by atoms with van der Waals surface area (Å²) in [4.78, 5) is 0.286. The van der Waals surface area contributed by atoms with Gasteiger partial charge < -0.3 is 5.32 Å². The van der Waals surface area contributed by atoms with Gasteiger partial charge in [-0.2, -0.15) is 5.10 Å². The van der Waals surface area contributed by atoms with E-state index in [0.29, 0.717) is 17.9 Å². The SMILES string of the molecule is CCNCc1ccccc1S(=O)(=O)Nc1cn(C)nc1C. The van der Waals surface area contributed by atoms with Crippen LogP contribution in [0.5, 0.6) is 0 Å². The van der Waals surface area contributed by atoms with Gasteiger partial charge in [-0.05, 0) is 25.1 Å². The predicted octanol–water partition coefficient (Wildman–Crippen LogP) is 1.64. The average Bonchev–Trinajstić information content (AvgIpc) is 2.74. The Morgan fingerprint density at radius 2 is 2.00 bits per heavy atom. The maximum absolute atomic E-state index is 12.6. The molecule has 0 unspecified atom stereocenters. The fraction of sp³-hybridized carbons (Fsp3) is 0.357. The van der Waals surface area contributed by atoms with Crippen LogP contribution >= 0.6 is 0 Å². The number of hydrogen-bond acceptors (Lipinski definition) is 4. The van der Waals surface area contributed by atoms with Crippen molar-refractivity contribution < 1.29 is 8.42 Å². The Hall–Kier alpha value is -1.86. The van der Waals surface area contributed by atoms with Crippen molar-refractivity contribution in [2.45, 2.75) is 25.3 Å². The highest BCUT2D eigenvalue weighted by Gasteiger charge is 2.19. The van der Waals surface area contributed by atoms with Crippen molar-refractivity contribution in [2.75, 3.05) is 11.3 Å². The molecule has 2 rings (SSSR count). The van der Waals surface area contributed by atoms with Gasteiger partial charge in [0.25, 0.3) is 10.0 Å². The molecule has 7 heteroatoms. The second-order valence-electron chi connectivity index (χ2n) is 4.80. The molecule has 21 heavy (non-hydrogen) atoms. The largest absolute Gasteiger partial charge is 0.313 e. The van der Waals surface area contributed by atoms with Crippen molar-refractivity contribution >= 4 is 15.7 Å². The number of aryl methyl sites for hydroxylation is 2. The summed E-state index contributed by atoms with van der Waals surface area (Å²) in [6, 6.07) is 6.98. The van der Waals surface area contributed by atoms with Crippen molar-refractivity contribution in [3.8, 4) is 0 Å². The van der Waals surface area contributed by atoms with Gasteiger partial charge in [-0.3, -0.25) is 9.40 Å². The van der Waals surface area contributed by atoms with Gasteiger partial charge in [0.1, 0.15) is 0 Å². The van der Waals surface area contributed by atoms with E-state index in [4.69, 9.17) is 0 Å². The lowest BCUT2D eigenvalue weighted by molar-refractivity contribution is 0.598. The maximum atomic E-state index is 12.6. The molecule has 1 aromatic carbocycles. The van der Waals surface area contributed by atoms with Crippen LogP contribution in [0.2, 0.25) is 0 Å². The fourth-order valence-corrected chi connectivity index (χ4v) is 3.41. The minimum absolute atomic E-state index is 0.286. The van der Waals surface area contributed by atoms with E-state index >= 15 is 0 Å². The Kier molecular flexibility index (Phi) is 4.64. The van der Waals surface area contributed by atoms with Crippen LogP contribution in [0, 0.1) is 6.92 Å². The molecule has 0 saturated heterocycles. The zero-order chi connectivity index (χ0) is 15.5. The summed E-state index contributed by atoms with van der Waals surface area (Å²) in [5.41, 5.74) is 1.88. The first-order valence-corrected chi connectivity index (χ1v) is 8.24. The van der Waals surface area contributed by atoms with Crippen LogP contribution in [-0.4, -0.2) is 24.7 Å². The van der Waals surface area contributed by atoms with Crippen LogP contribution in [0.3, 0.4) is 0 Å². The molecule has 114 valence electrons. The van der Waals surface area contributed by atoms with E-state index in [1.165, 1.54) is 0 Å². The third-order valence-corrected chi connectivity index (χ3v) is 4.55. The topological polar surface area (TPSA) is 76.0 Å².